The third kappa shape index (κ3) is 4.01. The Balaban J connectivity index is 1.17. The zero-order valence-electron chi connectivity index (χ0n) is 25.8. The van der Waals surface area contributed by atoms with Crippen molar-refractivity contribution in [2.45, 2.75) is 0 Å². The standard InChI is InChI=1S/C43H27N5/c1-3-13-28(14-4-1)42-33-19-7-10-20-36(33)45-43(46-42)37-24-23-30(27-44-37)48-39-22-12-9-18-32(39)35-25-40-34(26-41(35)48)31-17-8-11-21-38(31)47(40)29-15-5-2-6-16-29/h1-27H. The van der Waals surface area contributed by atoms with E-state index in [9.17, 15) is 0 Å². The molecular formula is C43H27N5. The first-order valence-electron chi connectivity index (χ1n) is 16.1. The first-order valence-corrected chi connectivity index (χ1v) is 16.1. The highest BCUT2D eigenvalue weighted by molar-refractivity contribution is 6.19. The van der Waals surface area contributed by atoms with Gasteiger partial charge in [-0.1, -0.05) is 103 Å². The van der Waals surface area contributed by atoms with Crippen LogP contribution >= 0.6 is 0 Å². The maximum absolute atomic E-state index is 5.04. The summed E-state index contributed by atoms with van der Waals surface area (Å²) in [4.78, 5) is 14.9. The zero-order chi connectivity index (χ0) is 31.6. The maximum atomic E-state index is 5.04. The van der Waals surface area contributed by atoms with Crippen LogP contribution in [0.15, 0.2) is 164 Å². The predicted molar refractivity (Wildman–Crippen MR) is 197 cm³/mol. The molecule has 5 nitrogen and oxygen atoms in total. The Labute approximate surface area is 276 Å². The molecule has 0 aliphatic heterocycles. The molecule has 224 valence electrons. The normalized spacial score (nSPS) is 11.8. The van der Waals surface area contributed by atoms with Crippen molar-refractivity contribution in [2.24, 2.45) is 0 Å². The van der Waals surface area contributed by atoms with Gasteiger partial charge in [-0.2, -0.15) is 0 Å². The summed E-state index contributed by atoms with van der Waals surface area (Å²) in [5, 5.41) is 5.87. The molecule has 6 aromatic carbocycles. The molecule has 0 N–H and O–H groups in total. The Bertz CT molecular complexity index is 2810. The van der Waals surface area contributed by atoms with Crippen molar-refractivity contribution in [1.82, 2.24) is 24.1 Å². The van der Waals surface area contributed by atoms with E-state index in [-0.39, 0.29) is 0 Å². The van der Waals surface area contributed by atoms with E-state index >= 15 is 0 Å². The molecule has 4 aromatic heterocycles. The second-order valence-electron chi connectivity index (χ2n) is 12.1. The number of fused-ring (bicyclic) bond motifs is 7. The molecule has 0 fully saturated rings. The van der Waals surface area contributed by atoms with Gasteiger partial charge in [-0.05, 0) is 54.6 Å². The van der Waals surface area contributed by atoms with Crippen LogP contribution in [0.5, 0.6) is 0 Å². The minimum atomic E-state index is 0.608. The van der Waals surface area contributed by atoms with Gasteiger partial charge in [-0.15, -0.1) is 0 Å². The van der Waals surface area contributed by atoms with Gasteiger partial charge in [0, 0.05) is 38.2 Å². The molecule has 0 aliphatic rings. The number of benzene rings is 6. The molecule has 48 heavy (non-hydrogen) atoms. The van der Waals surface area contributed by atoms with Gasteiger partial charge in [0.05, 0.1) is 45.2 Å². The zero-order valence-corrected chi connectivity index (χ0v) is 25.8. The smallest absolute Gasteiger partial charge is 0.179 e. The van der Waals surface area contributed by atoms with Gasteiger partial charge in [-0.25, -0.2) is 9.97 Å². The van der Waals surface area contributed by atoms with E-state index in [2.05, 4.69) is 124 Å². The summed E-state index contributed by atoms with van der Waals surface area (Å²) in [6.45, 7) is 0. The van der Waals surface area contributed by atoms with Gasteiger partial charge in [0.25, 0.3) is 0 Å². The highest BCUT2D eigenvalue weighted by Crippen LogP contribution is 2.39. The fourth-order valence-electron chi connectivity index (χ4n) is 7.22. The number of nitrogens with zero attached hydrogens (tertiary/aromatic N) is 5. The lowest BCUT2D eigenvalue weighted by Gasteiger charge is -2.11. The predicted octanol–water partition coefficient (Wildman–Crippen LogP) is 10.6. The van der Waals surface area contributed by atoms with Crippen LogP contribution in [0, 0.1) is 0 Å². The number of hydrogen-bond donors (Lipinski definition) is 0. The van der Waals surface area contributed by atoms with Gasteiger partial charge < -0.3 is 9.13 Å². The molecule has 10 rings (SSSR count). The molecule has 0 spiro atoms. The molecule has 0 radical (unpaired) electrons. The molecule has 0 aliphatic carbocycles. The fraction of sp³-hybridized carbons (Fsp3) is 0. The van der Waals surface area contributed by atoms with Crippen molar-refractivity contribution in [3.63, 3.8) is 0 Å². The second-order valence-corrected chi connectivity index (χ2v) is 12.1. The number of pyridine rings is 1. The summed E-state index contributed by atoms with van der Waals surface area (Å²) < 4.78 is 4.70. The van der Waals surface area contributed by atoms with E-state index in [1.165, 1.54) is 32.6 Å². The molecule has 0 bridgehead atoms. The summed E-state index contributed by atoms with van der Waals surface area (Å²) in [6, 6.07) is 55.2. The van der Waals surface area contributed by atoms with Crippen LogP contribution in [0.4, 0.5) is 0 Å². The van der Waals surface area contributed by atoms with Gasteiger partial charge in [0.2, 0.25) is 0 Å². The van der Waals surface area contributed by atoms with Gasteiger partial charge in [-0.3, -0.25) is 4.98 Å². The number of aromatic nitrogens is 5. The minimum absolute atomic E-state index is 0.608. The van der Waals surface area contributed by atoms with Crippen molar-refractivity contribution in [3.05, 3.63) is 164 Å². The van der Waals surface area contributed by atoms with Crippen LogP contribution in [0.1, 0.15) is 0 Å². The summed E-state index contributed by atoms with van der Waals surface area (Å²) in [7, 11) is 0. The highest BCUT2D eigenvalue weighted by atomic mass is 15.0. The lowest BCUT2D eigenvalue weighted by molar-refractivity contribution is 1.12. The van der Waals surface area contributed by atoms with Crippen molar-refractivity contribution >= 4 is 54.5 Å². The quantitative estimate of drug-likeness (QED) is 0.198. The molecular weight excluding hydrogens is 587 g/mol. The first kappa shape index (κ1) is 26.6. The SMILES string of the molecule is c1ccc(-c2nc(-c3ccc(-n4c5ccccc5c5cc6c(cc54)c4ccccc4n6-c4ccccc4)cn3)nc3ccccc23)cc1. The molecule has 5 heteroatoms. The van der Waals surface area contributed by atoms with Crippen LogP contribution in [0.25, 0.3) is 88.7 Å². The van der Waals surface area contributed by atoms with E-state index in [0.29, 0.717) is 5.82 Å². The van der Waals surface area contributed by atoms with E-state index in [1.54, 1.807) is 0 Å². The molecule has 4 heterocycles. The monoisotopic (exact) mass is 613 g/mol. The molecule has 0 saturated heterocycles. The van der Waals surface area contributed by atoms with E-state index in [0.717, 1.165) is 50.3 Å². The second kappa shape index (κ2) is 10.5. The highest BCUT2D eigenvalue weighted by Gasteiger charge is 2.19. The first-order chi connectivity index (χ1) is 23.8. The minimum Gasteiger partial charge on any atom is -0.309 e. The van der Waals surface area contributed by atoms with Crippen LogP contribution < -0.4 is 0 Å². The van der Waals surface area contributed by atoms with Crippen LogP contribution in [-0.4, -0.2) is 24.1 Å². The Morgan fingerprint density at radius 1 is 0.396 bits per heavy atom. The molecule has 10 aromatic rings. The summed E-state index contributed by atoms with van der Waals surface area (Å²) in [5.74, 6) is 0.608. The van der Waals surface area contributed by atoms with E-state index in [4.69, 9.17) is 15.0 Å². The summed E-state index contributed by atoms with van der Waals surface area (Å²) in [5.41, 5.74) is 10.4. The number of para-hydroxylation sites is 4. The van der Waals surface area contributed by atoms with Crippen molar-refractivity contribution in [2.75, 3.05) is 0 Å². The molecule has 0 saturated carbocycles. The third-order valence-electron chi connectivity index (χ3n) is 9.37. The van der Waals surface area contributed by atoms with E-state index < -0.39 is 0 Å². The number of rotatable bonds is 4. The Kier molecular flexibility index (Phi) is 5.81. The summed E-state index contributed by atoms with van der Waals surface area (Å²) >= 11 is 0. The van der Waals surface area contributed by atoms with Gasteiger partial charge >= 0.3 is 0 Å². The van der Waals surface area contributed by atoms with Crippen molar-refractivity contribution < 1.29 is 0 Å². The van der Waals surface area contributed by atoms with Crippen LogP contribution in [0.3, 0.4) is 0 Å². The lowest BCUT2D eigenvalue weighted by Crippen LogP contribution is -1.99. The average molecular weight is 614 g/mol. The Hall–Kier alpha value is -6.59. The van der Waals surface area contributed by atoms with Crippen LogP contribution in [-0.2, 0) is 0 Å². The molecule has 0 unspecified atom stereocenters. The Morgan fingerprint density at radius 3 is 1.60 bits per heavy atom. The van der Waals surface area contributed by atoms with Crippen molar-refractivity contribution in [3.8, 4) is 34.2 Å². The lowest BCUT2D eigenvalue weighted by atomic mass is 10.1. The molecule has 0 atom stereocenters. The number of hydrogen-bond acceptors (Lipinski definition) is 3. The van der Waals surface area contributed by atoms with Gasteiger partial charge in [0.15, 0.2) is 5.82 Å². The summed E-state index contributed by atoms with van der Waals surface area (Å²) in [6.07, 6.45) is 1.94. The maximum Gasteiger partial charge on any atom is 0.179 e. The molecule has 0 amide bonds. The average Bonchev–Trinajstić information content (AvgIpc) is 3.66. The topological polar surface area (TPSA) is 48.5 Å². The van der Waals surface area contributed by atoms with Crippen LogP contribution in [0.2, 0.25) is 0 Å². The Morgan fingerprint density at radius 2 is 0.958 bits per heavy atom. The fourth-order valence-corrected chi connectivity index (χ4v) is 7.22. The third-order valence-corrected chi connectivity index (χ3v) is 9.37. The largest absolute Gasteiger partial charge is 0.309 e. The van der Waals surface area contributed by atoms with Gasteiger partial charge in [0.1, 0.15) is 5.69 Å². The van der Waals surface area contributed by atoms with Crippen molar-refractivity contribution in [1.29, 1.82) is 0 Å². The van der Waals surface area contributed by atoms with E-state index in [1.807, 2.05) is 48.7 Å².